The van der Waals surface area contributed by atoms with Gasteiger partial charge in [0, 0.05) is 41.3 Å². The third-order valence-corrected chi connectivity index (χ3v) is 5.33. The number of aryl methyl sites for hydroxylation is 2. The predicted octanol–water partition coefficient (Wildman–Crippen LogP) is 3.33. The van der Waals surface area contributed by atoms with Gasteiger partial charge in [0.25, 0.3) is 0 Å². The molecular weight excluding hydrogens is 370 g/mol. The normalized spacial score (nSPS) is 12.2. The van der Waals surface area contributed by atoms with E-state index < -0.39 is 6.04 Å². The molecule has 0 radical (unpaired) electrons. The van der Waals surface area contributed by atoms with E-state index in [0.717, 1.165) is 33.0 Å². The Morgan fingerprint density at radius 1 is 1.38 bits per heavy atom. The van der Waals surface area contributed by atoms with Gasteiger partial charge in [-0.2, -0.15) is 5.10 Å². The number of nitrogens with one attached hydrogen (secondary N) is 2. The van der Waals surface area contributed by atoms with Crippen molar-refractivity contribution in [1.29, 1.82) is 0 Å². The summed E-state index contributed by atoms with van der Waals surface area (Å²) in [5.74, 6) is -0.167. The monoisotopic (exact) mass is 389 g/mol. The minimum atomic E-state index is -0.480. The summed E-state index contributed by atoms with van der Waals surface area (Å²) < 4.78 is 1.67. The molecule has 0 saturated heterocycles. The summed E-state index contributed by atoms with van der Waals surface area (Å²) in [5.41, 5.74) is 2.98. The van der Waals surface area contributed by atoms with E-state index in [1.54, 1.807) is 24.1 Å². The first-order valence-electron chi connectivity index (χ1n) is 8.12. The van der Waals surface area contributed by atoms with Crippen LogP contribution in [-0.4, -0.2) is 27.7 Å². The zero-order valence-corrected chi connectivity index (χ0v) is 16.4. The van der Waals surface area contributed by atoms with E-state index in [1.165, 1.54) is 11.3 Å². The molecule has 0 aliphatic heterocycles. The van der Waals surface area contributed by atoms with Crippen LogP contribution < -0.4 is 10.6 Å². The second-order valence-corrected chi connectivity index (χ2v) is 7.57. The highest BCUT2D eigenvalue weighted by Crippen LogP contribution is 2.24. The van der Waals surface area contributed by atoms with Gasteiger partial charge in [0.2, 0.25) is 5.91 Å². The van der Waals surface area contributed by atoms with Crippen LogP contribution in [0.15, 0.2) is 36.8 Å². The first-order valence-corrected chi connectivity index (χ1v) is 9.32. The zero-order valence-electron chi connectivity index (χ0n) is 14.8. The summed E-state index contributed by atoms with van der Waals surface area (Å²) >= 11 is 7.64. The van der Waals surface area contributed by atoms with Crippen LogP contribution in [0.3, 0.4) is 0 Å². The third kappa shape index (κ3) is 4.30. The molecule has 1 unspecified atom stereocenters. The van der Waals surface area contributed by atoms with Crippen LogP contribution in [0.1, 0.15) is 27.6 Å². The number of benzene rings is 1. The molecule has 2 aromatic heterocycles. The molecule has 2 heterocycles. The lowest BCUT2D eigenvalue weighted by Gasteiger charge is -2.12. The molecule has 1 aromatic carbocycles. The summed E-state index contributed by atoms with van der Waals surface area (Å²) in [6.45, 7) is 1.98. The first kappa shape index (κ1) is 18.6. The Hall–Kier alpha value is -2.22. The van der Waals surface area contributed by atoms with Gasteiger partial charge in [-0.05, 0) is 31.2 Å². The van der Waals surface area contributed by atoms with Crippen LogP contribution in [-0.2, 0) is 18.3 Å². The van der Waals surface area contributed by atoms with Crippen molar-refractivity contribution in [2.24, 2.45) is 7.05 Å². The van der Waals surface area contributed by atoms with Crippen LogP contribution in [0.5, 0.6) is 0 Å². The highest BCUT2D eigenvalue weighted by Gasteiger charge is 2.21. The number of carbonyl (C=O) groups is 1. The Balaban J connectivity index is 1.67. The van der Waals surface area contributed by atoms with E-state index in [0.29, 0.717) is 5.13 Å². The molecule has 0 spiro atoms. The van der Waals surface area contributed by atoms with E-state index in [9.17, 15) is 4.79 Å². The van der Waals surface area contributed by atoms with Gasteiger partial charge in [-0.15, -0.1) is 11.3 Å². The highest BCUT2D eigenvalue weighted by molar-refractivity contribution is 7.15. The first-order chi connectivity index (χ1) is 12.5. The maximum absolute atomic E-state index is 12.5. The SMILES string of the molecule is CNC(C(=O)Nc1ncc(Cc2ccc(C)c(Cl)c2)s1)c1cnn(C)c1. The molecule has 0 fully saturated rings. The van der Waals surface area contributed by atoms with Crippen LogP contribution in [0, 0.1) is 6.92 Å². The summed E-state index contributed by atoms with van der Waals surface area (Å²) in [6.07, 6.45) is 6.00. The molecule has 0 aliphatic rings. The fourth-order valence-electron chi connectivity index (χ4n) is 2.61. The van der Waals surface area contributed by atoms with Gasteiger partial charge in [0.15, 0.2) is 5.13 Å². The number of aromatic nitrogens is 3. The number of amides is 1. The van der Waals surface area contributed by atoms with Gasteiger partial charge in [-0.1, -0.05) is 23.7 Å². The lowest BCUT2D eigenvalue weighted by atomic mass is 10.1. The summed E-state index contributed by atoms with van der Waals surface area (Å²) in [4.78, 5) is 17.9. The second-order valence-electron chi connectivity index (χ2n) is 6.05. The van der Waals surface area contributed by atoms with Crippen LogP contribution in [0.25, 0.3) is 0 Å². The largest absolute Gasteiger partial charge is 0.305 e. The Kier molecular flexibility index (Phi) is 5.70. The standard InChI is InChI=1S/C18H20ClN5OS/c1-11-4-5-12(7-15(11)19)6-14-9-21-18(26-14)23-17(25)16(20-2)13-8-22-24(3)10-13/h4-5,7-10,16,20H,6H2,1-3H3,(H,21,23,25). The van der Waals surface area contributed by atoms with Crippen molar-refractivity contribution >= 4 is 34.0 Å². The molecule has 0 saturated carbocycles. The fourth-order valence-corrected chi connectivity index (χ4v) is 3.66. The molecule has 0 aliphatic carbocycles. The Bertz CT molecular complexity index is 920. The Labute approximate surface area is 161 Å². The molecular formula is C18H20ClN5OS. The number of nitrogens with zero attached hydrogens (tertiary/aromatic N) is 3. The number of carbonyl (C=O) groups excluding carboxylic acids is 1. The molecule has 1 atom stereocenters. The minimum absolute atomic E-state index is 0.167. The van der Waals surface area contributed by atoms with Crippen LogP contribution in [0.2, 0.25) is 5.02 Å². The zero-order chi connectivity index (χ0) is 18.7. The minimum Gasteiger partial charge on any atom is -0.305 e. The summed E-state index contributed by atoms with van der Waals surface area (Å²) in [5, 5.41) is 11.3. The molecule has 3 rings (SSSR count). The number of rotatable bonds is 6. The molecule has 1 amide bonds. The molecule has 0 bridgehead atoms. The topological polar surface area (TPSA) is 71.8 Å². The highest BCUT2D eigenvalue weighted by atomic mass is 35.5. The number of thiazole rings is 1. The second kappa shape index (κ2) is 7.99. The number of likely N-dealkylation sites (N-methyl/N-ethyl adjacent to an activating group) is 1. The van der Waals surface area contributed by atoms with Gasteiger partial charge in [0.05, 0.1) is 6.20 Å². The van der Waals surface area contributed by atoms with Crippen molar-refractivity contribution in [3.63, 3.8) is 0 Å². The van der Waals surface area contributed by atoms with Crippen LogP contribution in [0.4, 0.5) is 5.13 Å². The predicted molar refractivity (Wildman–Crippen MR) is 105 cm³/mol. The molecule has 6 nitrogen and oxygen atoms in total. The molecule has 8 heteroatoms. The molecule has 3 aromatic rings. The number of anilines is 1. The van der Waals surface area contributed by atoms with Crippen molar-refractivity contribution in [3.8, 4) is 0 Å². The number of halogens is 1. The summed E-state index contributed by atoms with van der Waals surface area (Å²) in [6, 6.07) is 5.55. The van der Waals surface area contributed by atoms with E-state index in [-0.39, 0.29) is 5.91 Å². The van der Waals surface area contributed by atoms with E-state index in [1.807, 2.05) is 32.3 Å². The Morgan fingerprint density at radius 3 is 2.85 bits per heavy atom. The van der Waals surface area contributed by atoms with E-state index >= 15 is 0 Å². The Morgan fingerprint density at radius 2 is 2.19 bits per heavy atom. The van der Waals surface area contributed by atoms with E-state index in [4.69, 9.17) is 11.6 Å². The fraction of sp³-hybridized carbons (Fsp3) is 0.278. The maximum Gasteiger partial charge on any atom is 0.247 e. The molecule has 136 valence electrons. The van der Waals surface area contributed by atoms with Gasteiger partial charge >= 0.3 is 0 Å². The van der Waals surface area contributed by atoms with Gasteiger partial charge in [-0.3, -0.25) is 9.48 Å². The van der Waals surface area contributed by atoms with Crippen molar-refractivity contribution in [3.05, 3.63) is 63.4 Å². The summed E-state index contributed by atoms with van der Waals surface area (Å²) in [7, 11) is 3.56. The smallest absolute Gasteiger partial charge is 0.247 e. The van der Waals surface area contributed by atoms with Gasteiger partial charge in [-0.25, -0.2) is 4.98 Å². The lowest BCUT2D eigenvalue weighted by Crippen LogP contribution is -2.30. The quantitative estimate of drug-likeness (QED) is 0.678. The van der Waals surface area contributed by atoms with Gasteiger partial charge in [0.1, 0.15) is 6.04 Å². The van der Waals surface area contributed by atoms with Crippen molar-refractivity contribution < 1.29 is 4.79 Å². The average molecular weight is 390 g/mol. The number of hydrogen-bond acceptors (Lipinski definition) is 5. The van der Waals surface area contributed by atoms with Crippen LogP contribution >= 0.6 is 22.9 Å². The number of hydrogen-bond donors (Lipinski definition) is 2. The van der Waals surface area contributed by atoms with Crippen molar-refractivity contribution in [1.82, 2.24) is 20.1 Å². The molecule has 2 N–H and O–H groups in total. The molecule has 26 heavy (non-hydrogen) atoms. The van der Waals surface area contributed by atoms with Gasteiger partial charge < -0.3 is 10.6 Å². The average Bonchev–Trinajstić information content (AvgIpc) is 3.21. The van der Waals surface area contributed by atoms with Crippen molar-refractivity contribution in [2.75, 3.05) is 12.4 Å². The third-order valence-electron chi connectivity index (χ3n) is 4.01. The van der Waals surface area contributed by atoms with E-state index in [2.05, 4.69) is 26.8 Å². The lowest BCUT2D eigenvalue weighted by molar-refractivity contribution is -0.118. The maximum atomic E-state index is 12.5. The van der Waals surface area contributed by atoms with Crippen molar-refractivity contribution in [2.45, 2.75) is 19.4 Å².